The predicted molar refractivity (Wildman–Crippen MR) is 65.7 cm³/mol. The first-order valence-corrected chi connectivity index (χ1v) is 5.65. The first-order valence-electron chi connectivity index (χ1n) is 5.65. The zero-order valence-electron chi connectivity index (χ0n) is 10.4. The number of hydrogen-bond donors (Lipinski definition) is 1. The van der Waals surface area contributed by atoms with Gasteiger partial charge in [-0.2, -0.15) is 0 Å². The van der Waals surface area contributed by atoms with Gasteiger partial charge in [0.15, 0.2) is 0 Å². The average molecular weight is 223 g/mol. The second kappa shape index (κ2) is 7.19. The molecule has 1 N–H and O–H groups in total. The molecule has 1 aromatic rings. The predicted octanol–water partition coefficient (Wildman–Crippen LogP) is 1.13. The van der Waals surface area contributed by atoms with E-state index in [1.54, 1.807) is 0 Å². The number of nitrogens with one attached hydrogen (secondary N) is 1. The standard InChI is InChI=1S/C12H21N3O/c1-4-13-9-11-5-6-12(14-10-11)16-8-7-15(2)3/h5-6,10,13H,4,7-9H2,1-3H3. The van der Waals surface area contributed by atoms with Crippen molar-refractivity contribution in [2.24, 2.45) is 0 Å². The highest BCUT2D eigenvalue weighted by molar-refractivity contribution is 5.17. The van der Waals surface area contributed by atoms with Crippen molar-refractivity contribution < 1.29 is 4.74 Å². The van der Waals surface area contributed by atoms with Gasteiger partial charge in [0, 0.05) is 25.4 Å². The molecule has 1 aromatic heterocycles. The highest BCUT2D eigenvalue weighted by Gasteiger charge is 1.97. The fraction of sp³-hybridized carbons (Fsp3) is 0.583. The van der Waals surface area contributed by atoms with Crippen molar-refractivity contribution in [3.63, 3.8) is 0 Å². The summed E-state index contributed by atoms with van der Waals surface area (Å²) >= 11 is 0. The van der Waals surface area contributed by atoms with Gasteiger partial charge < -0.3 is 15.0 Å². The third kappa shape index (κ3) is 5.09. The Morgan fingerprint density at radius 2 is 2.19 bits per heavy atom. The van der Waals surface area contributed by atoms with E-state index in [-0.39, 0.29) is 0 Å². The molecule has 0 fully saturated rings. The minimum Gasteiger partial charge on any atom is -0.476 e. The van der Waals surface area contributed by atoms with E-state index in [4.69, 9.17) is 4.74 Å². The van der Waals surface area contributed by atoms with Crippen LogP contribution in [0.5, 0.6) is 5.88 Å². The maximum absolute atomic E-state index is 5.50. The third-order valence-corrected chi connectivity index (χ3v) is 2.17. The molecule has 0 amide bonds. The van der Waals surface area contributed by atoms with Crippen LogP contribution in [0.2, 0.25) is 0 Å². The third-order valence-electron chi connectivity index (χ3n) is 2.17. The van der Waals surface area contributed by atoms with Crippen molar-refractivity contribution in [3.8, 4) is 5.88 Å². The molecule has 0 aliphatic rings. The first-order chi connectivity index (χ1) is 7.72. The summed E-state index contributed by atoms with van der Waals surface area (Å²) in [6.45, 7) is 5.50. The fourth-order valence-corrected chi connectivity index (χ4v) is 1.20. The molecule has 90 valence electrons. The number of nitrogens with zero attached hydrogens (tertiary/aromatic N) is 2. The Morgan fingerprint density at radius 1 is 1.38 bits per heavy atom. The first kappa shape index (κ1) is 12.9. The van der Waals surface area contributed by atoms with Crippen LogP contribution in [0.25, 0.3) is 0 Å². The van der Waals surface area contributed by atoms with Crippen LogP contribution >= 0.6 is 0 Å². The SMILES string of the molecule is CCNCc1ccc(OCCN(C)C)nc1. The number of rotatable bonds is 7. The van der Waals surface area contributed by atoms with E-state index in [0.29, 0.717) is 12.5 Å². The highest BCUT2D eigenvalue weighted by atomic mass is 16.5. The van der Waals surface area contributed by atoms with Crippen molar-refractivity contribution in [1.82, 2.24) is 15.2 Å². The van der Waals surface area contributed by atoms with E-state index in [1.807, 2.05) is 32.4 Å². The summed E-state index contributed by atoms with van der Waals surface area (Å²) in [5, 5.41) is 3.25. The lowest BCUT2D eigenvalue weighted by atomic mass is 10.3. The van der Waals surface area contributed by atoms with Crippen LogP contribution in [-0.4, -0.2) is 43.7 Å². The van der Waals surface area contributed by atoms with E-state index in [2.05, 4.69) is 22.1 Å². The molecule has 16 heavy (non-hydrogen) atoms. The van der Waals surface area contributed by atoms with Crippen molar-refractivity contribution in [2.45, 2.75) is 13.5 Å². The second-order valence-electron chi connectivity index (χ2n) is 3.94. The molecular weight excluding hydrogens is 202 g/mol. The van der Waals surface area contributed by atoms with Crippen LogP contribution in [0, 0.1) is 0 Å². The van der Waals surface area contributed by atoms with Crippen LogP contribution in [0.4, 0.5) is 0 Å². The number of ether oxygens (including phenoxy) is 1. The highest BCUT2D eigenvalue weighted by Crippen LogP contribution is 2.07. The molecule has 1 heterocycles. The Kier molecular flexibility index (Phi) is 5.82. The van der Waals surface area contributed by atoms with E-state index >= 15 is 0 Å². The lowest BCUT2D eigenvalue weighted by molar-refractivity contribution is 0.254. The molecule has 0 bridgehead atoms. The van der Waals surface area contributed by atoms with Gasteiger partial charge in [-0.15, -0.1) is 0 Å². The average Bonchev–Trinajstić information content (AvgIpc) is 2.27. The van der Waals surface area contributed by atoms with Gasteiger partial charge in [0.2, 0.25) is 5.88 Å². The molecule has 0 spiro atoms. The zero-order valence-corrected chi connectivity index (χ0v) is 10.4. The summed E-state index contributed by atoms with van der Waals surface area (Å²) in [7, 11) is 4.05. The van der Waals surface area contributed by atoms with Crippen LogP contribution in [0.15, 0.2) is 18.3 Å². The maximum Gasteiger partial charge on any atom is 0.213 e. The van der Waals surface area contributed by atoms with E-state index < -0.39 is 0 Å². The van der Waals surface area contributed by atoms with Gasteiger partial charge in [-0.3, -0.25) is 0 Å². The summed E-state index contributed by atoms with van der Waals surface area (Å²) in [6, 6.07) is 3.96. The number of hydrogen-bond acceptors (Lipinski definition) is 4. The number of likely N-dealkylation sites (N-methyl/N-ethyl adjacent to an activating group) is 1. The molecular formula is C12H21N3O. The van der Waals surface area contributed by atoms with Gasteiger partial charge in [0.1, 0.15) is 6.61 Å². The van der Waals surface area contributed by atoms with E-state index in [1.165, 1.54) is 5.56 Å². The summed E-state index contributed by atoms with van der Waals surface area (Å²) < 4.78 is 5.50. The Morgan fingerprint density at radius 3 is 2.75 bits per heavy atom. The number of pyridine rings is 1. The molecule has 0 saturated carbocycles. The maximum atomic E-state index is 5.50. The van der Waals surface area contributed by atoms with Gasteiger partial charge >= 0.3 is 0 Å². The van der Waals surface area contributed by atoms with Crippen molar-refractivity contribution in [3.05, 3.63) is 23.9 Å². The molecule has 0 saturated heterocycles. The van der Waals surface area contributed by atoms with Crippen LogP contribution < -0.4 is 10.1 Å². The second-order valence-corrected chi connectivity index (χ2v) is 3.94. The van der Waals surface area contributed by atoms with Crippen LogP contribution in [0.1, 0.15) is 12.5 Å². The molecule has 0 atom stereocenters. The Labute approximate surface area is 97.6 Å². The summed E-state index contributed by atoms with van der Waals surface area (Å²) in [5.74, 6) is 0.696. The van der Waals surface area contributed by atoms with Gasteiger partial charge in [0.25, 0.3) is 0 Å². The number of aromatic nitrogens is 1. The van der Waals surface area contributed by atoms with E-state index in [9.17, 15) is 0 Å². The fourth-order valence-electron chi connectivity index (χ4n) is 1.20. The Balaban J connectivity index is 2.33. The molecule has 0 radical (unpaired) electrons. The van der Waals surface area contributed by atoms with Crippen molar-refractivity contribution in [1.29, 1.82) is 0 Å². The van der Waals surface area contributed by atoms with Crippen LogP contribution in [0.3, 0.4) is 0 Å². The summed E-state index contributed by atoms with van der Waals surface area (Å²) in [6.07, 6.45) is 1.85. The lowest BCUT2D eigenvalue weighted by Gasteiger charge is -2.10. The van der Waals surface area contributed by atoms with Crippen molar-refractivity contribution >= 4 is 0 Å². The monoisotopic (exact) mass is 223 g/mol. The molecule has 0 aliphatic heterocycles. The van der Waals surface area contributed by atoms with Gasteiger partial charge in [-0.1, -0.05) is 13.0 Å². The zero-order chi connectivity index (χ0) is 11.8. The summed E-state index contributed by atoms with van der Waals surface area (Å²) in [5.41, 5.74) is 1.18. The Bertz CT molecular complexity index is 285. The topological polar surface area (TPSA) is 37.4 Å². The quantitative estimate of drug-likeness (QED) is 0.752. The lowest BCUT2D eigenvalue weighted by Crippen LogP contribution is -2.19. The van der Waals surface area contributed by atoms with Crippen LogP contribution in [-0.2, 0) is 6.54 Å². The smallest absolute Gasteiger partial charge is 0.213 e. The molecule has 4 heteroatoms. The molecule has 0 aromatic carbocycles. The van der Waals surface area contributed by atoms with Crippen molar-refractivity contribution in [2.75, 3.05) is 33.8 Å². The summed E-state index contributed by atoms with van der Waals surface area (Å²) in [4.78, 5) is 6.33. The largest absolute Gasteiger partial charge is 0.476 e. The molecule has 0 unspecified atom stereocenters. The molecule has 4 nitrogen and oxygen atoms in total. The Hall–Kier alpha value is -1.13. The molecule has 1 rings (SSSR count). The van der Waals surface area contributed by atoms with Gasteiger partial charge in [-0.25, -0.2) is 4.98 Å². The minimum absolute atomic E-state index is 0.673. The van der Waals surface area contributed by atoms with Gasteiger partial charge in [-0.05, 0) is 26.2 Å². The normalized spacial score (nSPS) is 10.8. The van der Waals surface area contributed by atoms with Gasteiger partial charge in [0.05, 0.1) is 0 Å². The molecule has 0 aliphatic carbocycles. The van der Waals surface area contributed by atoms with E-state index in [0.717, 1.165) is 19.6 Å². The minimum atomic E-state index is 0.673.